The van der Waals surface area contributed by atoms with E-state index in [1.807, 2.05) is 0 Å². The van der Waals surface area contributed by atoms with E-state index >= 15 is 0 Å². The fourth-order valence-corrected chi connectivity index (χ4v) is 1.09. The second-order valence-electron chi connectivity index (χ2n) is 5.63. The molecule has 0 aromatic carbocycles. The smallest absolute Gasteiger partial charge is 0.444 e. The Morgan fingerprint density at radius 1 is 1.16 bits per heavy atom. The molecule has 0 aromatic rings. The summed E-state index contributed by atoms with van der Waals surface area (Å²) in [7, 11) is 0. The van der Waals surface area contributed by atoms with Gasteiger partial charge in [-0.1, -0.05) is 11.6 Å². The number of halogens is 1. The van der Waals surface area contributed by atoms with Crippen molar-refractivity contribution < 1.29 is 23.8 Å². The van der Waals surface area contributed by atoms with Crippen molar-refractivity contribution in [1.29, 1.82) is 0 Å². The second-order valence-corrected chi connectivity index (χ2v) is 6.24. The fraction of sp³-hybridized carbons (Fsp3) is 0.833. The Kier molecular flexibility index (Phi) is 6.42. The van der Waals surface area contributed by atoms with Gasteiger partial charge >= 0.3 is 12.2 Å². The molecule has 0 aliphatic heterocycles. The largest absolute Gasteiger partial charge is 0.510 e. The maximum absolute atomic E-state index is 11.4. The highest BCUT2D eigenvalue weighted by Crippen LogP contribution is 2.12. The van der Waals surface area contributed by atoms with Crippen LogP contribution in [0.2, 0.25) is 0 Å². The summed E-state index contributed by atoms with van der Waals surface area (Å²) in [5, 5.41) is 2.51. The lowest BCUT2D eigenvalue weighted by Gasteiger charge is -2.26. The molecular weight excluding hydrogens is 274 g/mol. The van der Waals surface area contributed by atoms with Gasteiger partial charge in [0.15, 0.2) is 5.56 Å². The van der Waals surface area contributed by atoms with Crippen LogP contribution in [0, 0.1) is 0 Å². The van der Waals surface area contributed by atoms with Crippen molar-refractivity contribution in [3.8, 4) is 0 Å². The van der Waals surface area contributed by atoms with Gasteiger partial charge in [-0.15, -0.1) is 0 Å². The number of alkyl carbamates (subject to hydrolysis) is 1. The predicted molar refractivity (Wildman–Crippen MR) is 71.2 cm³/mol. The Balaban J connectivity index is 4.16. The molecule has 0 heterocycles. The average molecular weight is 296 g/mol. The fourth-order valence-electron chi connectivity index (χ4n) is 1.02. The second kappa shape index (κ2) is 6.84. The van der Waals surface area contributed by atoms with Gasteiger partial charge in [0.25, 0.3) is 0 Å². The van der Waals surface area contributed by atoms with E-state index in [1.165, 1.54) is 6.92 Å². The van der Waals surface area contributed by atoms with Crippen LogP contribution in [-0.2, 0) is 14.2 Å². The number of rotatable bonds is 4. The molecule has 0 aliphatic rings. The van der Waals surface area contributed by atoms with Crippen LogP contribution in [0.3, 0.4) is 0 Å². The molecule has 1 amide bonds. The molecule has 0 saturated carbocycles. The molecule has 7 heteroatoms. The summed E-state index contributed by atoms with van der Waals surface area (Å²) < 4.78 is 14.7. The number of amides is 1. The molecule has 19 heavy (non-hydrogen) atoms. The number of carbonyl (C=O) groups excluding carboxylic acids is 2. The Labute approximate surface area is 118 Å². The van der Waals surface area contributed by atoms with Crippen LogP contribution < -0.4 is 5.32 Å². The standard InChI is InChI=1S/C12H22ClNO5/c1-8(13)17-10(16)19-12(5,6)7-14-9(15)18-11(2,3)4/h8H,7H2,1-6H3,(H,14,15). The molecule has 1 atom stereocenters. The van der Waals surface area contributed by atoms with Crippen LogP contribution >= 0.6 is 11.6 Å². The SMILES string of the molecule is CC(Cl)OC(=O)OC(C)(C)CNC(=O)OC(C)(C)C. The quantitative estimate of drug-likeness (QED) is 0.637. The minimum atomic E-state index is -0.931. The van der Waals surface area contributed by atoms with Gasteiger partial charge in [0.05, 0.1) is 6.54 Å². The summed E-state index contributed by atoms with van der Waals surface area (Å²) in [6.07, 6.45) is -1.47. The first-order valence-corrected chi connectivity index (χ1v) is 6.35. The maximum atomic E-state index is 11.4. The lowest BCUT2D eigenvalue weighted by atomic mass is 10.1. The van der Waals surface area contributed by atoms with E-state index in [0.717, 1.165) is 0 Å². The topological polar surface area (TPSA) is 73.9 Å². The number of hydrogen-bond acceptors (Lipinski definition) is 5. The zero-order valence-electron chi connectivity index (χ0n) is 12.2. The molecule has 0 saturated heterocycles. The molecule has 0 aromatic heterocycles. The lowest BCUT2D eigenvalue weighted by Crippen LogP contribution is -2.43. The van der Waals surface area contributed by atoms with Crippen LogP contribution in [0.5, 0.6) is 0 Å². The molecule has 1 unspecified atom stereocenters. The third-order valence-corrected chi connectivity index (χ3v) is 1.76. The first kappa shape index (κ1) is 17.8. The van der Waals surface area contributed by atoms with Crippen LogP contribution in [0.1, 0.15) is 41.5 Å². The third-order valence-electron chi connectivity index (χ3n) is 1.68. The highest BCUT2D eigenvalue weighted by atomic mass is 35.5. The predicted octanol–water partition coefficient (Wildman–Crippen LogP) is 3.03. The third kappa shape index (κ3) is 10.4. The summed E-state index contributed by atoms with van der Waals surface area (Å²) in [5.41, 5.74) is -2.29. The van der Waals surface area contributed by atoms with E-state index in [-0.39, 0.29) is 6.54 Å². The van der Waals surface area contributed by atoms with E-state index in [2.05, 4.69) is 10.1 Å². The van der Waals surface area contributed by atoms with Crippen molar-refractivity contribution in [2.45, 2.75) is 58.3 Å². The summed E-state index contributed by atoms with van der Waals surface area (Å²) in [6, 6.07) is 0. The van der Waals surface area contributed by atoms with E-state index in [4.69, 9.17) is 21.1 Å². The van der Waals surface area contributed by atoms with E-state index < -0.39 is 29.0 Å². The van der Waals surface area contributed by atoms with Crippen molar-refractivity contribution in [3.05, 3.63) is 0 Å². The highest BCUT2D eigenvalue weighted by Gasteiger charge is 2.26. The lowest BCUT2D eigenvalue weighted by molar-refractivity contribution is -0.0211. The zero-order chi connectivity index (χ0) is 15.3. The van der Waals surface area contributed by atoms with Gasteiger partial charge in [0.2, 0.25) is 0 Å². The normalized spacial score (nSPS) is 13.4. The molecule has 112 valence electrons. The monoisotopic (exact) mass is 295 g/mol. The Morgan fingerprint density at radius 2 is 1.68 bits per heavy atom. The van der Waals surface area contributed by atoms with Crippen molar-refractivity contribution in [2.75, 3.05) is 6.54 Å². The van der Waals surface area contributed by atoms with Gasteiger partial charge in [-0.2, -0.15) is 0 Å². The van der Waals surface area contributed by atoms with Crippen molar-refractivity contribution in [2.24, 2.45) is 0 Å². The zero-order valence-corrected chi connectivity index (χ0v) is 13.0. The van der Waals surface area contributed by atoms with Gasteiger partial charge in [-0.25, -0.2) is 9.59 Å². The Morgan fingerprint density at radius 3 is 2.11 bits per heavy atom. The number of alkyl halides is 1. The summed E-state index contributed by atoms with van der Waals surface area (Å²) in [4.78, 5) is 22.7. The average Bonchev–Trinajstić information content (AvgIpc) is 2.09. The van der Waals surface area contributed by atoms with Gasteiger partial charge in [-0.3, -0.25) is 0 Å². The van der Waals surface area contributed by atoms with Crippen LogP contribution in [0.15, 0.2) is 0 Å². The van der Waals surface area contributed by atoms with Crippen LogP contribution in [0.4, 0.5) is 9.59 Å². The van der Waals surface area contributed by atoms with E-state index in [1.54, 1.807) is 34.6 Å². The molecule has 0 rings (SSSR count). The Hall–Kier alpha value is -1.17. The number of ether oxygens (including phenoxy) is 3. The van der Waals surface area contributed by atoms with Gasteiger partial charge < -0.3 is 19.5 Å². The van der Waals surface area contributed by atoms with Gasteiger partial charge in [0, 0.05) is 0 Å². The van der Waals surface area contributed by atoms with E-state index in [0.29, 0.717) is 0 Å². The maximum Gasteiger partial charge on any atom is 0.510 e. The molecule has 0 bridgehead atoms. The summed E-state index contributed by atoms with van der Waals surface area (Å²) in [6.45, 7) is 10.1. The molecule has 0 spiro atoms. The minimum Gasteiger partial charge on any atom is -0.444 e. The van der Waals surface area contributed by atoms with Crippen LogP contribution in [-0.4, -0.2) is 35.6 Å². The molecule has 0 aliphatic carbocycles. The van der Waals surface area contributed by atoms with Crippen molar-refractivity contribution in [3.63, 3.8) is 0 Å². The van der Waals surface area contributed by atoms with E-state index in [9.17, 15) is 9.59 Å². The Bertz CT molecular complexity index is 323. The first-order valence-electron chi connectivity index (χ1n) is 5.92. The summed E-state index contributed by atoms with van der Waals surface area (Å²) in [5.74, 6) is 0. The molecule has 1 N–H and O–H groups in total. The molecule has 0 radical (unpaired) electrons. The van der Waals surface area contributed by atoms with Gasteiger partial charge in [-0.05, 0) is 41.5 Å². The van der Waals surface area contributed by atoms with Crippen molar-refractivity contribution in [1.82, 2.24) is 5.32 Å². The molecule has 0 fully saturated rings. The first-order chi connectivity index (χ1) is 8.41. The summed E-state index contributed by atoms with van der Waals surface area (Å²) >= 11 is 5.49. The number of nitrogens with one attached hydrogen (secondary N) is 1. The molecular formula is C12H22ClNO5. The number of carbonyl (C=O) groups is 2. The van der Waals surface area contributed by atoms with Gasteiger partial charge in [0.1, 0.15) is 11.2 Å². The van der Waals surface area contributed by atoms with Crippen LogP contribution in [0.25, 0.3) is 0 Å². The minimum absolute atomic E-state index is 0.0910. The number of hydrogen-bond donors (Lipinski definition) is 1. The highest BCUT2D eigenvalue weighted by molar-refractivity contribution is 6.19. The molecule has 6 nitrogen and oxygen atoms in total. The van der Waals surface area contributed by atoms with Crippen molar-refractivity contribution >= 4 is 23.8 Å².